The Morgan fingerprint density at radius 2 is 2.09 bits per heavy atom. The van der Waals surface area contributed by atoms with E-state index in [1.54, 1.807) is 47.8 Å². The first kappa shape index (κ1) is 20.9. The number of carbonyl (C=O) groups excluding carboxylic acids is 2. The molecule has 2 aliphatic heterocycles. The van der Waals surface area contributed by atoms with Gasteiger partial charge in [0.1, 0.15) is 4.88 Å². The van der Waals surface area contributed by atoms with Crippen LogP contribution >= 0.6 is 23.1 Å². The number of furan rings is 1. The lowest BCUT2D eigenvalue weighted by molar-refractivity contribution is -0.114. The monoisotopic (exact) mass is 478 g/mol. The highest BCUT2D eigenvalue weighted by molar-refractivity contribution is 8.27. The van der Waals surface area contributed by atoms with Crippen LogP contribution in [0.3, 0.4) is 0 Å². The van der Waals surface area contributed by atoms with Crippen LogP contribution in [0.15, 0.2) is 74.2 Å². The molecule has 0 radical (unpaired) electrons. The van der Waals surface area contributed by atoms with E-state index in [2.05, 4.69) is 10.1 Å². The highest BCUT2D eigenvalue weighted by atomic mass is 32.2. The highest BCUT2D eigenvalue weighted by Gasteiger charge is 2.36. The number of esters is 1. The van der Waals surface area contributed by atoms with E-state index >= 15 is 0 Å². The molecule has 0 aliphatic carbocycles. The zero-order chi connectivity index (χ0) is 22.9. The van der Waals surface area contributed by atoms with Crippen molar-refractivity contribution in [2.45, 2.75) is 0 Å². The molecular weight excluding hydrogens is 464 g/mol. The molecule has 33 heavy (non-hydrogen) atoms. The molecule has 0 unspecified atom stereocenters. The largest absolute Gasteiger partial charge is 0.493 e. The van der Waals surface area contributed by atoms with Gasteiger partial charge in [0.05, 0.1) is 18.9 Å². The second kappa shape index (κ2) is 8.52. The lowest BCUT2D eigenvalue weighted by atomic mass is 10.1. The molecule has 0 saturated heterocycles. The fourth-order valence-electron chi connectivity index (χ4n) is 3.06. The molecule has 1 amide bonds. The normalized spacial score (nSPS) is 16.5. The van der Waals surface area contributed by atoms with Crippen molar-refractivity contribution in [3.05, 3.63) is 75.9 Å². The molecule has 2 aromatic heterocycles. The number of thioether (sulfide) groups is 1. The summed E-state index contributed by atoms with van der Waals surface area (Å²) in [4.78, 5) is 29.4. The highest BCUT2D eigenvalue weighted by Crippen LogP contribution is 2.33. The molecule has 1 N–H and O–H groups in total. The molecule has 0 atom stereocenters. The van der Waals surface area contributed by atoms with Crippen molar-refractivity contribution < 1.29 is 23.5 Å². The van der Waals surface area contributed by atoms with Crippen LogP contribution in [0.4, 0.5) is 0 Å². The number of nitrogens with zero attached hydrogens (tertiary/aromatic N) is 3. The van der Waals surface area contributed by atoms with Crippen LogP contribution in [0.2, 0.25) is 0 Å². The Hall–Kier alpha value is -3.96. The maximum absolute atomic E-state index is 12.6. The molecule has 164 valence electrons. The van der Waals surface area contributed by atoms with Crippen molar-refractivity contribution in [3.63, 3.8) is 0 Å². The van der Waals surface area contributed by atoms with Crippen LogP contribution in [0.25, 0.3) is 6.08 Å². The van der Waals surface area contributed by atoms with E-state index in [1.807, 2.05) is 0 Å². The topological polar surface area (TPSA) is 118 Å². The molecule has 0 bridgehead atoms. The Balaban J connectivity index is 1.41. The molecule has 11 heteroatoms. The molecule has 1 aromatic carbocycles. The number of fused-ring (bicyclic) bond motifs is 1. The Morgan fingerprint density at radius 3 is 2.82 bits per heavy atom. The number of nitrogens with one attached hydrogen (secondary N) is 1. The number of aliphatic imine (C=N–C) groups is 1. The summed E-state index contributed by atoms with van der Waals surface area (Å²) in [6.45, 7) is 0. The van der Waals surface area contributed by atoms with E-state index in [9.17, 15) is 9.59 Å². The predicted octanol–water partition coefficient (Wildman–Crippen LogP) is 4.24. The molecule has 2 aliphatic rings. The second-order valence-corrected chi connectivity index (χ2v) is 8.58. The number of amides is 1. The van der Waals surface area contributed by atoms with Crippen molar-refractivity contribution in [1.82, 2.24) is 5.01 Å². The summed E-state index contributed by atoms with van der Waals surface area (Å²) in [6, 6.07) is 11.7. The molecule has 0 saturated carbocycles. The Kier molecular flexibility index (Phi) is 5.40. The van der Waals surface area contributed by atoms with E-state index in [4.69, 9.17) is 19.3 Å². The number of amidine groups is 2. The Labute approximate surface area is 195 Å². The van der Waals surface area contributed by atoms with Gasteiger partial charge in [0.2, 0.25) is 5.17 Å². The van der Waals surface area contributed by atoms with Crippen LogP contribution in [0, 0.1) is 5.41 Å². The summed E-state index contributed by atoms with van der Waals surface area (Å²) in [6.07, 6.45) is 3.04. The van der Waals surface area contributed by atoms with Crippen LogP contribution < -0.4 is 9.47 Å². The van der Waals surface area contributed by atoms with Gasteiger partial charge in [-0.3, -0.25) is 10.2 Å². The van der Waals surface area contributed by atoms with Gasteiger partial charge in [-0.25, -0.2) is 4.79 Å². The van der Waals surface area contributed by atoms with Gasteiger partial charge in [0.15, 0.2) is 28.1 Å². The smallest absolute Gasteiger partial charge is 0.353 e. The lowest BCUT2D eigenvalue weighted by Gasteiger charge is -2.20. The first-order valence-corrected chi connectivity index (χ1v) is 11.2. The summed E-state index contributed by atoms with van der Waals surface area (Å²) in [5.41, 5.74) is 0.630. The second-order valence-electron chi connectivity index (χ2n) is 6.68. The maximum Gasteiger partial charge on any atom is 0.353 e. The molecule has 0 spiro atoms. The van der Waals surface area contributed by atoms with Crippen LogP contribution in [0.5, 0.6) is 11.5 Å². The van der Waals surface area contributed by atoms with Crippen molar-refractivity contribution in [3.8, 4) is 11.5 Å². The molecule has 4 heterocycles. The summed E-state index contributed by atoms with van der Waals surface area (Å²) in [5, 5.41) is 16.7. The third-order valence-electron chi connectivity index (χ3n) is 4.61. The molecule has 0 fully saturated rings. The van der Waals surface area contributed by atoms with Crippen LogP contribution in [-0.4, -0.2) is 40.0 Å². The quantitative estimate of drug-likeness (QED) is 0.331. The number of methoxy groups -OCH3 is 1. The zero-order valence-corrected chi connectivity index (χ0v) is 18.6. The number of ether oxygens (including phenoxy) is 2. The first-order chi connectivity index (χ1) is 16.0. The number of benzene rings is 1. The van der Waals surface area contributed by atoms with Gasteiger partial charge in [0.25, 0.3) is 5.91 Å². The van der Waals surface area contributed by atoms with Gasteiger partial charge in [-0.15, -0.1) is 11.3 Å². The van der Waals surface area contributed by atoms with Gasteiger partial charge < -0.3 is 13.9 Å². The third kappa shape index (κ3) is 3.99. The third-order valence-corrected chi connectivity index (χ3v) is 6.38. The number of thiophene rings is 1. The number of rotatable bonds is 5. The maximum atomic E-state index is 12.6. The van der Waals surface area contributed by atoms with Gasteiger partial charge in [0, 0.05) is 0 Å². The van der Waals surface area contributed by atoms with Crippen molar-refractivity contribution in [2.75, 3.05) is 7.11 Å². The molecule has 9 nitrogen and oxygen atoms in total. The summed E-state index contributed by atoms with van der Waals surface area (Å²) in [7, 11) is 1.45. The minimum atomic E-state index is -0.554. The van der Waals surface area contributed by atoms with Gasteiger partial charge in [-0.05, 0) is 59.1 Å². The summed E-state index contributed by atoms with van der Waals surface area (Å²) >= 11 is 2.43. The Bertz CT molecular complexity index is 1360. The van der Waals surface area contributed by atoms with E-state index in [1.165, 1.54) is 35.8 Å². The van der Waals surface area contributed by atoms with Gasteiger partial charge in [-0.1, -0.05) is 12.1 Å². The first-order valence-electron chi connectivity index (χ1n) is 9.51. The van der Waals surface area contributed by atoms with Crippen molar-refractivity contribution >= 4 is 57.1 Å². The summed E-state index contributed by atoms with van der Waals surface area (Å²) in [5.74, 6) is -0.0688. The van der Waals surface area contributed by atoms with E-state index < -0.39 is 11.9 Å². The molecule has 5 rings (SSSR count). The van der Waals surface area contributed by atoms with Gasteiger partial charge in [-0.2, -0.15) is 15.1 Å². The standard InChI is InChI=1S/C22H14N4O5S2/c1-29-16-11-12(6-7-14(16)31-21(28)17-5-3-9-32-17)10-13-18(23)26-22(24-19(13)27)33-20(25-26)15-4-2-8-30-15/h2-11,23H,1H3/b13-10-,23-18?. The van der Waals surface area contributed by atoms with E-state index in [0.717, 1.165) is 11.8 Å². The van der Waals surface area contributed by atoms with Gasteiger partial charge >= 0.3 is 5.97 Å². The SMILES string of the molecule is COc1cc(/C=C2/C(=N)N3N=C(c4ccco4)SC3=NC2=O)ccc1OC(=O)c1cccs1. The fraction of sp³-hybridized carbons (Fsp3) is 0.0455. The summed E-state index contributed by atoms with van der Waals surface area (Å²) < 4.78 is 16.1. The number of hydrazone groups is 1. The lowest BCUT2D eigenvalue weighted by Crippen LogP contribution is -2.35. The fourth-order valence-corrected chi connectivity index (χ4v) is 4.52. The number of hydrogen-bond donors (Lipinski definition) is 1. The number of hydrogen-bond acceptors (Lipinski definition) is 9. The van der Waals surface area contributed by atoms with E-state index in [0.29, 0.717) is 32.2 Å². The number of carbonyl (C=O) groups is 2. The van der Waals surface area contributed by atoms with Crippen LogP contribution in [-0.2, 0) is 4.79 Å². The molecular formula is C22H14N4O5S2. The van der Waals surface area contributed by atoms with Crippen LogP contribution in [0.1, 0.15) is 21.0 Å². The van der Waals surface area contributed by atoms with Crippen molar-refractivity contribution in [1.29, 1.82) is 5.41 Å². The predicted molar refractivity (Wildman–Crippen MR) is 125 cm³/mol. The minimum absolute atomic E-state index is 0.0641. The average Bonchev–Trinajstić information content (AvgIpc) is 3.58. The van der Waals surface area contributed by atoms with E-state index in [-0.39, 0.29) is 17.2 Å². The minimum Gasteiger partial charge on any atom is -0.493 e. The average molecular weight is 479 g/mol. The molecule has 3 aromatic rings. The Morgan fingerprint density at radius 1 is 1.21 bits per heavy atom. The van der Waals surface area contributed by atoms with Crippen molar-refractivity contribution in [2.24, 2.45) is 10.1 Å². The zero-order valence-electron chi connectivity index (χ0n) is 17.0.